The van der Waals surface area contributed by atoms with Gasteiger partial charge in [0, 0.05) is 17.8 Å². The highest BCUT2D eigenvalue weighted by molar-refractivity contribution is 6.32. The van der Waals surface area contributed by atoms with Crippen LogP contribution >= 0.6 is 11.6 Å². The van der Waals surface area contributed by atoms with Gasteiger partial charge in [-0.2, -0.15) is 0 Å². The summed E-state index contributed by atoms with van der Waals surface area (Å²) in [5.41, 5.74) is 3.17. The topological polar surface area (TPSA) is 30.5 Å². The van der Waals surface area contributed by atoms with Gasteiger partial charge in [0.15, 0.2) is 0 Å². The molecule has 0 radical (unpaired) electrons. The van der Waals surface area contributed by atoms with Crippen molar-refractivity contribution in [3.05, 3.63) is 88.9 Å². The van der Waals surface area contributed by atoms with Gasteiger partial charge in [0.25, 0.3) is 0 Å². The first kappa shape index (κ1) is 17.2. The van der Waals surface area contributed by atoms with Crippen molar-refractivity contribution >= 4 is 17.3 Å². The van der Waals surface area contributed by atoms with Crippen LogP contribution in [0.1, 0.15) is 11.1 Å². The minimum absolute atomic E-state index is 0.548. The molecule has 0 spiro atoms. The summed E-state index contributed by atoms with van der Waals surface area (Å²) in [4.78, 5) is 0. The standard InChI is InChI=1S/C21H20ClNO2/c1-24-21-12-11-18(13-19(21)22)23-14-17-9-5-6-10-20(17)25-15-16-7-3-2-4-8-16/h2-13,23H,14-15H2,1H3. The Hall–Kier alpha value is -2.65. The Bertz CT molecular complexity index is 821. The Balaban J connectivity index is 1.65. The quantitative estimate of drug-likeness (QED) is 0.605. The molecule has 0 aliphatic carbocycles. The van der Waals surface area contributed by atoms with Crippen LogP contribution in [-0.4, -0.2) is 7.11 Å². The van der Waals surface area contributed by atoms with Gasteiger partial charge >= 0.3 is 0 Å². The summed E-state index contributed by atoms with van der Waals surface area (Å²) in [6.45, 7) is 1.19. The molecule has 3 aromatic carbocycles. The number of hydrogen-bond acceptors (Lipinski definition) is 3. The number of rotatable bonds is 7. The number of methoxy groups -OCH3 is 1. The zero-order valence-electron chi connectivity index (χ0n) is 14.0. The van der Waals surface area contributed by atoms with Crippen LogP contribution in [-0.2, 0) is 13.2 Å². The van der Waals surface area contributed by atoms with Gasteiger partial charge in [0.1, 0.15) is 18.1 Å². The summed E-state index contributed by atoms with van der Waals surface area (Å²) in [6, 6.07) is 23.8. The van der Waals surface area contributed by atoms with E-state index in [-0.39, 0.29) is 0 Å². The van der Waals surface area contributed by atoms with Crippen LogP contribution in [0.3, 0.4) is 0 Å². The predicted octanol–water partition coefficient (Wildman–Crippen LogP) is 5.54. The van der Waals surface area contributed by atoms with E-state index in [2.05, 4.69) is 23.5 Å². The maximum absolute atomic E-state index is 6.17. The minimum atomic E-state index is 0.548. The molecule has 0 unspecified atom stereocenters. The van der Waals surface area contributed by atoms with Crippen molar-refractivity contribution in [1.82, 2.24) is 0 Å². The second kappa shape index (κ2) is 8.45. The van der Waals surface area contributed by atoms with E-state index >= 15 is 0 Å². The minimum Gasteiger partial charge on any atom is -0.495 e. The summed E-state index contributed by atoms with van der Waals surface area (Å²) in [5.74, 6) is 1.54. The van der Waals surface area contributed by atoms with Crippen LogP contribution in [0.5, 0.6) is 11.5 Å². The molecule has 1 N–H and O–H groups in total. The molecule has 3 rings (SSSR count). The molecule has 128 valence electrons. The number of benzene rings is 3. The van der Waals surface area contributed by atoms with E-state index in [1.807, 2.05) is 54.6 Å². The van der Waals surface area contributed by atoms with Crippen molar-refractivity contribution in [2.45, 2.75) is 13.2 Å². The Morgan fingerprint density at radius 2 is 1.64 bits per heavy atom. The molecule has 0 fully saturated rings. The number of ether oxygens (including phenoxy) is 2. The maximum Gasteiger partial charge on any atom is 0.137 e. The molecule has 0 saturated heterocycles. The lowest BCUT2D eigenvalue weighted by Gasteiger charge is -2.13. The number of nitrogens with one attached hydrogen (secondary N) is 1. The first-order chi connectivity index (χ1) is 12.3. The van der Waals surface area contributed by atoms with Crippen molar-refractivity contribution < 1.29 is 9.47 Å². The zero-order chi connectivity index (χ0) is 17.5. The third-order valence-corrected chi connectivity index (χ3v) is 4.14. The highest BCUT2D eigenvalue weighted by Crippen LogP contribution is 2.28. The van der Waals surface area contributed by atoms with E-state index in [9.17, 15) is 0 Å². The summed E-state index contributed by atoms with van der Waals surface area (Å²) in [7, 11) is 1.61. The molecule has 0 amide bonds. The number of anilines is 1. The number of para-hydroxylation sites is 1. The molecular weight excluding hydrogens is 334 g/mol. The fourth-order valence-corrected chi connectivity index (χ4v) is 2.76. The van der Waals surface area contributed by atoms with Gasteiger partial charge in [0.05, 0.1) is 12.1 Å². The van der Waals surface area contributed by atoms with E-state index in [0.717, 1.165) is 22.6 Å². The third-order valence-electron chi connectivity index (χ3n) is 3.84. The molecule has 0 atom stereocenters. The van der Waals surface area contributed by atoms with Crippen LogP contribution in [0.25, 0.3) is 0 Å². The normalized spacial score (nSPS) is 10.3. The van der Waals surface area contributed by atoms with Crippen molar-refractivity contribution in [1.29, 1.82) is 0 Å². The van der Waals surface area contributed by atoms with E-state index in [4.69, 9.17) is 21.1 Å². The summed E-state index contributed by atoms with van der Waals surface area (Å²) < 4.78 is 11.2. The monoisotopic (exact) mass is 353 g/mol. The van der Waals surface area contributed by atoms with Crippen molar-refractivity contribution in [3.8, 4) is 11.5 Å². The first-order valence-electron chi connectivity index (χ1n) is 8.08. The fourth-order valence-electron chi connectivity index (χ4n) is 2.50. The average Bonchev–Trinajstić information content (AvgIpc) is 2.66. The smallest absolute Gasteiger partial charge is 0.137 e. The third kappa shape index (κ3) is 4.68. The molecule has 0 aliphatic heterocycles. The van der Waals surface area contributed by atoms with Crippen molar-refractivity contribution in [2.75, 3.05) is 12.4 Å². The largest absolute Gasteiger partial charge is 0.495 e. The summed E-state index contributed by atoms with van der Waals surface area (Å²) in [5, 5.41) is 3.96. The van der Waals surface area contributed by atoms with Crippen molar-refractivity contribution in [3.63, 3.8) is 0 Å². The van der Waals surface area contributed by atoms with Gasteiger partial charge in [0.2, 0.25) is 0 Å². The Morgan fingerprint density at radius 1 is 0.880 bits per heavy atom. The number of halogens is 1. The highest BCUT2D eigenvalue weighted by atomic mass is 35.5. The van der Waals surface area contributed by atoms with E-state index in [1.54, 1.807) is 7.11 Å². The van der Waals surface area contributed by atoms with Gasteiger partial charge in [-0.3, -0.25) is 0 Å². The second-order valence-corrected chi connectivity index (χ2v) is 5.99. The summed E-state index contributed by atoms with van der Waals surface area (Å²) >= 11 is 6.17. The zero-order valence-corrected chi connectivity index (χ0v) is 14.8. The maximum atomic E-state index is 6.17. The SMILES string of the molecule is COc1ccc(NCc2ccccc2OCc2ccccc2)cc1Cl. The predicted molar refractivity (Wildman–Crippen MR) is 103 cm³/mol. The van der Waals surface area contributed by atoms with Crippen LogP contribution in [0, 0.1) is 0 Å². The van der Waals surface area contributed by atoms with Gasteiger partial charge in [-0.25, -0.2) is 0 Å². The van der Waals surface area contributed by atoms with Gasteiger partial charge < -0.3 is 14.8 Å². The van der Waals surface area contributed by atoms with Crippen LogP contribution in [0.15, 0.2) is 72.8 Å². The molecule has 0 aromatic heterocycles. The Labute approximate surface area is 153 Å². The second-order valence-electron chi connectivity index (χ2n) is 5.58. The van der Waals surface area contributed by atoms with Gasteiger partial charge in [-0.05, 0) is 29.8 Å². The molecule has 3 aromatic rings. The molecule has 0 bridgehead atoms. The van der Waals surface area contributed by atoms with Crippen molar-refractivity contribution in [2.24, 2.45) is 0 Å². The lowest BCUT2D eigenvalue weighted by atomic mass is 10.2. The molecule has 4 heteroatoms. The number of hydrogen-bond donors (Lipinski definition) is 1. The molecule has 0 saturated carbocycles. The van der Waals surface area contributed by atoms with Gasteiger partial charge in [-0.15, -0.1) is 0 Å². The first-order valence-corrected chi connectivity index (χ1v) is 8.46. The van der Waals surface area contributed by atoms with E-state index in [1.165, 1.54) is 0 Å². The average molecular weight is 354 g/mol. The van der Waals surface area contributed by atoms with E-state index in [0.29, 0.717) is 23.9 Å². The van der Waals surface area contributed by atoms with E-state index < -0.39 is 0 Å². The molecule has 3 nitrogen and oxygen atoms in total. The molecule has 0 heterocycles. The Morgan fingerprint density at radius 3 is 2.40 bits per heavy atom. The van der Waals surface area contributed by atoms with Crippen LogP contribution in [0.4, 0.5) is 5.69 Å². The summed E-state index contributed by atoms with van der Waals surface area (Å²) in [6.07, 6.45) is 0. The van der Waals surface area contributed by atoms with Gasteiger partial charge in [-0.1, -0.05) is 60.1 Å². The lowest BCUT2D eigenvalue weighted by molar-refractivity contribution is 0.303. The van der Waals surface area contributed by atoms with Crippen LogP contribution in [0.2, 0.25) is 5.02 Å². The molecule has 0 aliphatic rings. The highest BCUT2D eigenvalue weighted by Gasteiger charge is 2.05. The fraction of sp³-hybridized carbons (Fsp3) is 0.143. The lowest BCUT2D eigenvalue weighted by Crippen LogP contribution is -2.03. The molecule has 25 heavy (non-hydrogen) atoms. The van der Waals surface area contributed by atoms with Crippen LogP contribution < -0.4 is 14.8 Å². The molecular formula is C21H20ClNO2. The Kier molecular flexibility index (Phi) is 5.81.